The fraction of sp³-hybridized carbons (Fsp3) is 0.450. The van der Waals surface area contributed by atoms with E-state index in [-0.39, 0.29) is 23.2 Å². The first-order chi connectivity index (χ1) is 12.9. The van der Waals surface area contributed by atoms with Gasteiger partial charge in [-0.25, -0.2) is 13.6 Å². The van der Waals surface area contributed by atoms with Crippen LogP contribution in [-0.2, 0) is 0 Å². The maximum absolute atomic E-state index is 13.9. The number of allylic oxidation sites excluding steroid dienone is 2. The smallest absolute Gasteiger partial charge is 0.317 e. The Hall–Kier alpha value is -2.57. The molecule has 1 unspecified atom stereocenters. The van der Waals surface area contributed by atoms with Gasteiger partial charge in [0.15, 0.2) is 0 Å². The first-order valence-corrected chi connectivity index (χ1v) is 9.31. The number of hydrogen-bond donors (Lipinski definition) is 3. The average molecular weight is 378 g/mol. The van der Waals surface area contributed by atoms with Crippen molar-refractivity contribution in [2.75, 3.05) is 19.6 Å². The Labute approximate surface area is 159 Å². The molecule has 1 aromatic rings. The zero-order valence-electron chi connectivity index (χ0n) is 15.9. The van der Waals surface area contributed by atoms with Crippen molar-refractivity contribution in [2.45, 2.75) is 33.1 Å². The number of carbonyl (C=O) groups is 1. The van der Waals surface area contributed by atoms with Crippen molar-refractivity contribution in [2.24, 2.45) is 17.4 Å². The second-order valence-electron chi connectivity index (χ2n) is 6.64. The first kappa shape index (κ1) is 20.7. The fourth-order valence-corrected chi connectivity index (χ4v) is 3.36. The average Bonchev–Trinajstić information content (AvgIpc) is 2.62. The highest BCUT2D eigenvalue weighted by Crippen LogP contribution is 2.30. The summed E-state index contributed by atoms with van der Waals surface area (Å²) in [5.41, 5.74) is 13.5. The monoisotopic (exact) mass is 378 g/mol. The summed E-state index contributed by atoms with van der Waals surface area (Å²) in [6, 6.07) is 3.52. The van der Waals surface area contributed by atoms with Crippen LogP contribution in [0.4, 0.5) is 13.6 Å². The van der Waals surface area contributed by atoms with Crippen molar-refractivity contribution in [3.8, 4) is 0 Å². The van der Waals surface area contributed by atoms with Crippen molar-refractivity contribution in [3.63, 3.8) is 0 Å². The third-order valence-electron chi connectivity index (χ3n) is 4.83. The predicted molar refractivity (Wildman–Crippen MR) is 103 cm³/mol. The molecule has 2 amide bonds. The van der Waals surface area contributed by atoms with E-state index in [2.05, 4.69) is 5.32 Å². The molecule has 0 aromatic heterocycles. The van der Waals surface area contributed by atoms with Gasteiger partial charge < -0.3 is 21.7 Å². The zero-order valence-corrected chi connectivity index (χ0v) is 15.9. The number of nitrogens with one attached hydrogen (secondary N) is 1. The van der Waals surface area contributed by atoms with E-state index in [1.54, 1.807) is 11.0 Å². The number of nitrogens with zero attached hydrogens (tertiary/aromatic N) is 1. The van der Waals surface area contributed by atoms with Crippen molar-refractivity contribution in [1.29, 1.82) is 0 Å². The number of urea groups is 1. The fourth-order valence-electron chi connectivity index (χ4n) is 3.36. The second kappa shape index (κ2) is 9.39. The molecule has 1 aliphatic carbocycles. The van der Waals surface area contributed by atoms with Crippen LogP contribution in [-0.4, -0.2) is 30.6 Å². The quantitative estimate of drug-likeness (QED) is 0.710. The Balaban J connectivity index is 2.26. The molecule has 5 nitrogen and oxygen atoms in total. The molecule has 2 rings (SSSR count). The number of rotatable bonds is 6. The minimum Gasteiger partial charge on any atom is -0.402 e. The maximum atomic E-state index is 13.9. The summed E-state index contributed by atoms with van der Waals surface area (Å²) in [7, 11) is 0. The number of amides is 2. The molecule has 0 fully saturated rings. The van der Waals surface area contributed by atoms with Crippen LogP contribution >= 0.6 is 0 Å². The SMILES string of the molecule is CCNC(=O)N(CC)CC1CCCC(/C=C(\N)c2c(F)cccc2F)=C1N. The summed E-state index contributed by atoms with van der Waals surface area (Å²) in [5, 5.41) is 2.79. The molecule has 1 atom stereocenters. The lowest BCUT2D eigenvalue weighted by Crippen LogP contribution is -2.43. The number of halogens is 2. The lowest BCUT2D eigenvalue weighted by Gasteiger charge is -2.30. The Morgan fingerprint density at radius 1 is 1.33 bits per heavy atom. The van der Waals surface area contributed by atoms with Crippen LogP contribution in [0.2, 0.25) is 0 Å². The Kier molecular flexibility index (Phi) is 7.21. The van der Waals surface area contributed by atoms with Crippen LogP contribution in [0.3, 0.4) is 0 Å². The largest absolute Gasteiger partial charge is 0.402 e. The van der Waals surface area contributed by atoms with Crippen LogP contribution in [0, 0.1) is 17.6 Å². The van der Waals surface area contributed by atoms with Crippen LogP contribution in [0.15, 0.2) is 35.5 Å². The van der Waals surface area contributed by atoms with Gasteiger partial charge in [-0.15, -0.1) is 0 Å². The molecule has 1 aromatic carbocycles. The van der Waals surface area contributed by atoms with E-state index < -0.39 is 11.6 Å². The Morgan fingerprint density at radius 3 is 2.59 bits per heavy atom. The molecule has 148 valence electrons. The minimum atomic E-state index is -0.705. The highest BCUT2D eigenvalue weighted by Gasteiger charge is 2.24. The third kappa shape index (κ3) is 4.99. The molecular weight excluding hydrogens is 350 g/mol. The third-order valence-corrected chi connectivity index (χ3v) is 4.83. The van der Waals surface area contributed by atoms with E-state index in [1.807, 2.05) is 13.8 Å². The highest BCUT2D eigenvalue weighted by molar-refractivity contribution is 5.74. The van der Waals surface area contributed by atoms with Crippen LogP contribution < -0.4 is 16.8 Å². The molecule has 0 spiro atoms. The van der Waals surface area contributed by atoms with E-state index >= 15 is 0 Å². The summed E-state index contributed by atoms with van der Waals surface area (Å²) in [5.74, 6) is -1.42. The molecule has 1 aliphatic rings. The van der Waals surface area contributed by atoms with E-state index in [1.165, 1.54) is 18.2 Å². The van der Waals surface area contributed by atoms with Crippen LogP contribution in [0.5, 0.6) is 0 Å². The van der Waals surface area contributed by atoms with Crippen molar-refractivity contribution < 1.29 is 13.6 Å². The molecule has 0 saturated carbocycles. The van der Waals surface area contributed by atoms with E-state index in [9.17, 15) is 13.6 Å². The highest BCUT2D eigenvalue weighted by atomic mass is 19.1. The minimum absolute atomic E-state index is 0.00850. The second-order valence-corrected chi connectivity index (χ2v) is 6.64. The van der Waals surface area contributed by atoms with E-state index in [4.69, 9.17) is 11.5 Å². The van der Waals surface area contributed by atoms with Gasteiger partial charge in [-0.05, 0) is 56.9 Å². The van der Waals surface area contributed by atoms with Crippen molar-refractivity contribution in [3.05, 3.63) is 52.7 Å². The summed E-state index contributed by atoms with van der Waals surface area (Å²) in [6.07, 6.45) is 3.97. The van der Waals surface area contributed by atoms with E-state index in [0.29, 0.717) is 31.8 Å². The summed E-state index contributed by atoms with van der Waals surface area (Å²) < 4.78 is 27.9. The summed E-state index contributed by atoms with van der Waals surface area (Å²) >= 11 is 0. The normalized spacial score (nSPS) is 17.8. The van der Waals surface area contributed by atoms with Crippen LogP contribution in [0.1, 0.15) is 38.7 Å². The van der Waals surface area contributed by atoms with Gasteiger partial charge in [0, 0.05) is 36.9 Å². The molecular formula is C20H28F2N4O. The Bertz CT molecular complexity index is 725. The lowest BCUT2D eigenvalue weighted by molar-refractivity contribution is 0.192. The summed E-state index contributed by atoms with van der Waals surface area (Å²) in [6.45, 7) is 5.42. The van der Waals surface area contributed by atoms with Gasteiger partial charge in [-0.2, -0.15) is 0 Å². The Morgan fingerprint density at radius 2 is 2.00 bits per heavy atom. The van der Waals surface area contributed by atoms with Gasteiger partial charge in [0.1, 0.15) is 11.6 Å². The number of carbonyl (C=O) groups excluding carboxylic acids is 1. The molecule has 27 heavy (non-hydrogen) atoms. The molecule has 5 N–H and O–H groups in total. The molecule has 7 heteroatoms. The van der Waals surface area contributed by atoms with Gasteiger partial charge in [0.25, 0.3) is 0 Å². The van der Waals surface area contributed by atoms with Gasteiger partial charge in [0.2, 0.25) is 0 Å². The zero-order chi connectivity index (χ0) is 20.0. The lowest BCUT2D eigenvalue weighted by atomic mass is 9.86. The number of hydrogen-bond acceptors (Lipinski definition) is 3. The van der Waals surface area contributed by atoms with Gasteiger partial charge in [-0.3, -0.25) is 0 Å². The van der Waals surface area contributed by atoms with Crippen molar-refractivity contribution >= 4 is 11.7 Å². The van der Waals surface area contributed by atoms with Gasteiger partial charge in [-0.1, -0.05) is 6.07 Å². The van der Waals surface area contributed by atoms with Gasteiger partial charge >= 0.3 is 6.03 Å². The van der Waals surface area contributed by atoms with Gasteiger partial charge in [0.05, 0.1) is 5.56 Å². The molecule has 0 saturated heterocycles. The van der Waals surface area contributed by atoms with Crippen molar-refractivity contribution in [1.82, 2.24) is 10.2 Å². The molecule has 0 heterocycles. The van der Waals surface area contributed by atoms with Crippen LogP contribution in [0.25, 0.3) is 5.70 Å². The predicted octanol–water partition coefficient (Wildman–Crippen LogP) is 3.33. The number of nitrogens with two attached hydrogens (primary N) is 2. The molecule has 0 aliphatic heterocycles. The first-order valence-electron chi connectivity index (χ1n) is 9.31. The molecule has 0 radical (unpaired) electrons. The standard InChI is InChI=1S/C20H28F2N4O/c1-3-25-20(27)26(4-2)12-14-8-5-7-13(19(14)24)11-17(23)18-15(21)9-6-10-16(18)22/h6,9-11,14H,3-5,7-8,12,23-24H2,1-2H3,(H,25,27)/b17-11-. The summed E-state index contributed by atoms with van der Waals surface area (Å²) in [4.78, 5) is 13.8. The topological polar surface area (TPSA) is 84.4 Å². The molecule has 0 bridgehead atoms. The maximum Gasteiger partial charge on any atom is 0.317 e. The van der Waals surface area contributed by atoms with E-state index in [0.717, 1.165) is 18.4 Å². The number of benzene rings is 1.